The first kappa shape index (κ1) is 20.8. The van der Waals surface area contributed by atoms with E-state index in [9.17, 15) is 9.59 Å². The predicted octanol–water partition coefficient (Wildman–Crippen LogP) is 3.30. The molecule has 0 aliphatic heterocycles. The van der Waals surface area contributed by atoms with Crippen molar-refractivity contribution >= 4 is 38.6 Å². The average molecular weight is 413 g/mol. The van der Waals surface area contributed by atoms with E-state index in [1.807, 2.05) is 37.2 Å². The van der Waals surface area contributed by atoms with Gasteiger partial charge in [-0.15, -0.1) is 0 Å². The molecule has 152 valence electrons. The molecule has 29 heavy (non-hydrogen) atoms. The van der Waals surface area contributed by atoms with Crippen molar-refractivity contribution in [3.05, 3.63) is 53.6 Å². The van der Waals surface area contributed by atoms with E-state index in [0.717, 1.165) is 16.0 Å². The van der Waals surface area contributed by atoms with Gasteiger partial charge in [-0.3, -0.25) is 9.69 Å². The lowest BCUT2D eigenvalue weighted by Crippen LogP contribution is -2.37. The third-order valence-electron chi connectivity index (χ3n) is 4.39. The van der Waals surface area contributed by atoms with Crippen LogP contribution < -0.4 is 9.64 Å². The summed E-state index contributed by atoms with van der Waals surface area (Å²) in [6, 6.07) is 12.3. The minimum Gasteiger partial charge on any atom is -0.497 e. The number of hydrogen-bond acceptors (Lipinski definition) is 7. The van der Waals surface area contributed by atoms with E-state index in [4.69, 9.17) is 9.47 Å². The molecule has 8 heteroatoms. The van der Waals surface area contributed by atoms with Gasteiger partial charge >= 0.3 is 5.97 Å². The Morgan fingerprint density at radius 3 is 2.41 bits per heavy atom. The summed E-state index contributed by atoms with van der Waals surface area (Å²) in [6.07, 6.45) is 0. The van der Waals surface area contributed by atoms with Gasteiger partial charge in [0.1, 0.15) is 5.75 Å². The Hall–Kier alpha value is -2.97. The van der Waals surface area contributed by atoms with Crippen molar-refractivity contribution in [2.45, 2.75) is 0 Å². The summed E-state index contributed by atoms with van der Waals surface area (Å²) >= 11 is 1.41. The van der Waals surface area contributed by atoms with Crippen LogP contribution in [0.2, 0.25) is 0 Å². The van der Waals surface area contributed by atoms with Gasteiger partial charge in [0.15, 0.2) is 5.13 Å². The van der Waals surface area contributed by atoms with Crippen molar-refractivity contribution in [3.8, 4) is 5.75 Å². The number of aromatic nitrogens is 1. The molecule has 3 aromatic rings. The van der Waals surface area contributed by atoms with Gasteiger partial charge in [0, 0.05) is 13.1 Å². The molecule has 3 rings (SSSR count). The third-order valence-corrected chi connectivity index (χ3v) is 5.44. The molecule has 1 aromatic heterocycles. The maximum Gasteiger partial charge on any atom is 0.338 e. The maximum absolute atomic E-state index is 13.4. The van der Waals surface area contributed by atoms with Gasteiger partial charge in [-0.1, -0.05) is 23.5 Å². The van der Waals surface area contributed by atoms with Crippen LogP contribution >= 0.6 is 11.3 Å². The van der Waals surface area contributed by atoms with Crippen LogP contribution in [0.3, 0.4) is 0 Å². The van der Waals surface area contributed by atoms with E-state index in [0.29, 0.717) is 18.2 Å². The van der Waals surface area contributed by atoms with E-state index in [1.165, 1.54) is 18.4 Å². The first-order chi connectivity index (χ1) is 13.9. The fraction of sp³-hybridized carbons (Fsp3) is 0.286. The number of anilines is 1. The first-order valence-electron chi connectivity index (χ1n) is 9.03. The van der Waals surface area contributed by atoms with Crippen LogP contribution in [-0.4, -0.2) is 63.2 Å². The quantitative estimate of drug-likeness (QED) is 0.554. The molecular weight excluding hydrogens is 390 g/mol. The summed E-state index contributed by atoms with van der Waals surface area (Å²) in [4.78, 5) is 33.8. The van der Waals surface area contributed by atoms with E-state index < -0.39 is 5.97 Å². The lowest BCUT2D eigenvalue weighted by Gasteiger charge is -2.22. The van der Waals surface area contributed by atoms with Gasteiger partial charge in [-0.25, -0.2) is 9.78 Å². The van der Waals surface area contributed by atoms with Crippen LogP contribution in [0.4, 0.5) is 5.13 Å². The summed E-state index contributed by atoms with van der Waals surface area (Å²) in [6.45, 7) is 1.07. The zero-order valence-electron chi connectivity index (χ0n) is 16.8. The molecule has 1 heterocycles. The number of amides is 1. The average Bonchev–Trinajstić information content (AvgIpc) is 3.15. The highest BCUT2D eigenvalue weighted by atomic mass is 32.1. The number of esters is 1. The Balaban J connectivity index is 2.04. The fourth-order valence-electron chi connectivity index (χ4n) is 2.82. The molecule has 0 spiro atoms. The molecule has 2 aromatic carbocycles. The van der Waals surface area contributed by atoms with Gasteiger partial charge in [0.2, 0.25) is 0 Å². The van der Waals surface area contributed by atoms with E-state index >= 15 is 0 Å². The maximum atomic E-state index is 13.4. The molecule has 0 aliphatic rings. The number of ether oxygens (including phenoxy) is 2. The Kier molecular flexibility index (Phi) is 6.46. The Morgan fingerprint density at radius 2 is 1.76 bits per heavy atom. The topological polar surface area (TPSA) is 72.0 Å². The van der Waals surface area contributed by atoms with Crippen molar-refractivity contribution < 1.29 is 19.1 Å². The van der Waals surface area contributed by atoms with Crippen molar-refractivity contribution in [3.63, 3.8) is 0 Å². The second-order valence-electron chi connectivity index (χ2n) is 6.63. The first-order valence-corrected chi connectivity index (χ1v) is 9.84. The van der Waals surface area contributed by atoms with E-state index in [1.54, 1.807) is 36.3 Å². The van der Waals surface area contributed by atoms with Crippen LogP contribution in [0.5, 0.6) is 5.75 Å². The zero-order valence-corrected chi connectivity index (χ0v) is 17.7. The predicted molar refractivity (Wildman–Crippen MR) is 114 cm³/mol. The van der Waals surface area contributed by atoms with Crippen molar-refractivity contribution in [2.24, 2.45) is 0 Å². The molecule has 0 radical (unpaired) electrons. The molecule has 0 saturated carbocycles. The molecule has 0 saturated heterocycles. The van der Waals surface area contributed by atoms with Crippen molar-refractivity contribution in [1.82, 2.24) is 9.88 Å². The fourth-order valence-corrected chi connectivity index (χ4v) is 3.84. The smallest absolute Gasteiger partial charge is 0.338 e. The van der Waals surface area contributed by atoms with Gasteiger partial charge in [0.25, 0.3) is 5.91 Å². The molecule has 0 aliphatic carbocycles. The van der Waals surface area contributed by atoms with Crippen molar-refractivity contribution in [1.29, 1.82) is 0 Å². The number of likely N-dealkylation sites (N-methyl/N-ethyl adjacent to an activating group) is 1. The minimum absolute atomic E-state index is 0.234. The van der Waals surface area contributed by atoms with E-state index in [-0.39, 0.29) is 17.0 Å². The number of benzene rings is 2. The molecule has 1 amide bonds. The summed E-state index contributed by atoms with van der Waals surface area (Å²) < 4.78 is 11.0. The molecule has 7 nitrogen and oxygen atoms in total. The lowest BCUT2D eigenvalue weighted by molar-refractivity contribution is 0.0597. The van der Waals surface area contributed by atoms with Crippen LogP contribution in [0.1, 0.15) is 20.7 Å². The largest absolute Gasteiger partial charge is 0.497 e. The normalized spacial score (nSPS) is 10.9. The highest BCUT2D eigenvalue weighted by Gasteiger charge is 2.25. The number of carbonyl (C=O) groups is 2. The second kappa shape index (κ2) is 9.02. The number of nitrogens with zero attached hydrogens (tertiary/aromatic N) is 3. The SMILES string of the molecule is COC(=O)c1ccccc1C(=O)N(CCN(C)C)c1nc2ccc(OC)cc2s1. The molecular formula is C21H23N3O4S. The lowest BCUT2D eigenvalue weighted by atomic mass is 10.1. The summed E-state index contributed by atoms with van der Waals surface area (Å²) in [5, 5.41) is 0.569. The van der Waals surface area contributed by atoms with Crippen LogP contribution in [0, 0.1) is 0 Å². The van der Waals surface area contributed by atoms with E-state index in [2.05, 4.69) is 4.98 Å². The summed E-state index contributed by atoms with van der Waals surface area (Å²) in [5.41, 5.74) is 1.31. The number of carbonyl (C=O) groups excluding carboxylic acids is 2. The van der Waals surface area contributed by atoms with Gasteiger partial charge in [-0.2, -0.15) is 0 Å². The number of rotatable bonds is 7. The molecule has 0 atom stereocenters. The van der Waals surface area contributed by atoms with Gasteiger partial charge in [0.05, 0.1) is 35.6 Å². The Bertz CT molecular complexity index is 1030. The monoisotopic (exact) mass is 413 g/mol. The standard InChI is InChI=1S/C21H23N3O4S/c1-23(2)11-12-24(19(25)15-7-5-6-8-16(15)20(26)28-4)21-22-17-10-9-14(27-3)13-18(17)29-21/h5-10,13H,11-12H2,1-4H3. The number of hydrogen-bond donors (Lipinski definition) is 0. The molecule has 0 unspecified atom stereocenters. The molecule has 0 N–H and O–H groups in total. The van der Waals surface area contributed by atoms with Crippen LogP contribution in [0.15, 0.2) is 42.5 Å². The zero-order chi connectivity index (χ0) is 21.0. The van der Waals surface area contributed by atoms with Crippen molar-refractivity contribution in [2.75, 3.05) is 46.3 Å². The molecule has 0 bridgehead atoms. The third kappa shape index (κ3) is 4.55. The minimum atomic E-state index is -0.546. The molecule has 0 fully saturated rings. The highest BCUT2D eigenvalue weighted by molar-refractivity contribution is 7.22. The number of fused-ring (bicyclic) bond motifs is 1. The summed E-state index contributed by atoms with van der Waals surface area (Å²) in [7, 11) is 6.79. The summed E-state index contributed by atoms with van der Waals surface area (Å²) in [5.74, 6) is -0.107. The van der Waals surface area contributed by atoms with Gasteiger partial charge < -0.3 is 14.4 Å². The highest BCUT2D eigenvalue weighted by Crippen LogP contribution is 2.32. The Morgan fingerprint density at radius 1 is 1.03 bits per heavy atom. The number of thiazole rings is 1. The second-order valence-corrected chi connectivity index (χ2v) is 7.64. The van der Waals surface area contributed by atoms with Crippen LogP contribution in [-0.2, 0) is 4.74 Å². The number of methoxy groups -OCH3 is 2. The Labute approximate surface area is 173 Å². The van der Waals surface area contributed by atoms with Gasteiger partial charge in [-0.05, 0) is 44.4 Å². The van der Waals surface area contributed by atoms with Crippen LogP contribution in [0.25, 0.3) is 10.2 Å².